The maximum atomic E-state index is 4.55. The highest BCUT2D eigenvalue weighted by molar-refractivity contribution is 7.15. The minimum atomic E-state index is 0.364. The molecule has 6 heteroatoms. The van der Waals surface area contributed by atoms with Gasteiger partial charge >= 0.3 is 0 Å². The number of hydrogen-bond acceptors (Lipinski definition) is 4. The summed E-state index contributed by atoms with van der Waals surface area (Å²) in [5, 5.41) is 9.82. The normalized spacial score (nSPS) is 13.2. The Morgan fingerprint density at radius 3 is 3.11 bits per heavy atom. The van der Waals surface area contributed by atoms with Crippen LogP contribution in [-0.2, 0) is 13.1 Å². The highest BCUT2D eigenvalue weighted by atomic mass is 32.1. The van der Waals surface area contributed by atoms with Gasteiger partial charge in [0.15, 0.2) is 4.96 Å². The van der Waals surface area contributed by atoms with Gasteiger partial charge in [0, 0.05) is 36.6 Å². The Bertz CT molecular complexity index is 652. The lowest BCUT2D eigenvalue weighted by Gasteiger charge is -2.13. The molecule has 0 aliphatic heterocycles. The molecule has 0 aliphatic rings. The molecule has 0 amide bonds. The summed E-state index contributed by atoms with van der Waals surface area (Å²) in [7, 11) is 0. The van der Waals surface area contributed by atoms with Crippen molar-refractivity contribution in [2.24, 2.45) is 0 Å². The van der Waals surface area contributed by atoms with Crippen LogP contribution in [0, 0.1) is 6.92 Å². The van der Waals surface area contributed by atoms with Crippen LogP contribution in [0.3, 0.4) is 0 Å². The van der Waals surface area contributed by atoms with E-state index in [0.29, 0.717) is 6.04 Å². The first-order chi connectivity index (χ1) is 9.24. The van der Waals surface area contributed by atoms with Crippen LogP contribution in [0.1, 0.15) is 18.3 Å². The van der Waals surface area contributed by atoms with Crippen LogP contribution >= 0.6 is 11.3 Å². The molecule has 1 N–H and O–H groups in total. The maximum absolute atomic E-state index is 4.55. The number of imidazole rings is 1. The van der Waals surface area contributed by atoms with Gasteiger partial charge in [0.2, 0.25) is 0 Å². The monoisotopic (exact) mass is 275 g/mol. The second-order valence-corrected chi connectivity index (χ2v) is 5.58. The lowest BCUT2D eigenvalue weighted by Crippen LogP contribution is -2.30. The Morgan fingerprint density at radius 1 is 1.42 bits per heavy atom. The zero-order chi connectivity index (χ0) is 13.2. The van der Waals surface area contributed by atoms with Gasteiger partial charge in [-0.3, -0.25) is 9.08 Å². The van der Waals surface area contributed by atoms with E-state index in [-0.39, 0.29) is 0 Å². The van der Waals surface area contributed by atoms with Crippen LogP contribution in [0.2, 0.25) is 0 Å². The largest absolute Gasteiger partial charge is 0.307 e. The van der Waals surface area contributed by atoms with Gasteiger partial charge in [-0.05, 0) is 19.9 Å². The molecule has 19 heavy (non-hydrogen) atoms. The van der Waals surface area contributed by atoms with Crippen LogP contribution in [0.25, 0.3) is 4.96 Å². The molecule has 0 bridgehead atoms. The van der Waals surface area contributed by atoms with E-state index in [1.54, 1.807) is 11.3 Å². The predicted molar refractivity (Wildman–Crippen MR) is 76.3 cm³/mol. The van der Waals surface area contributed by atoms with Crippen LogP contribution in [0.4, 0.5) is 0 Å². The lowest BCUT2D eigenvalue weighted by molar-refractivity contribution is 0.447. The molecule has 3 rings (SSSR count). The van der Waals surface area contributed by atoms with Gasteiger partial charge in [0.05, 0.1) is 17.9 Å². The van der Waals surface area contributed by atoms with E-state index in [4.69, 9.17) is 0 Å². The highest BCUT2D eigenvalue weighted by Gasteiger charge is 2.10. The van der Waals surface area contributed by atoms with E-state index >= 15 is 0 Å². The van der Waals surface area contributed by atoms with Crippen molar-refractivity contribution in [3.05, 3.63) is 41.4 Å². The zero-order valence-electron chi connectivity index (χ0n) is 11.1. The van der Waals surface area contributed by atoms with E-state index in [2.05, 4.69) is 45.2 Å². The smallest absolute Gasteiger partial charge is 0.194 e. The second kappa shape index (κ2) is 5.14. The van der Waals surface area contributed by atoms with Crippen molar-refractivity contribution in [3.63, 3.8) is 0 Å². The number of fused-ring (bicyclic) bond motifs is 1. The maximum Gasteiger partial charge on any atom is 0.194 e. The minimum Gasteiger partial charge on any atom is -0.307 e. The van der Waals surface area contributed by atoms with Gasteiger partial charge < -0.3 is 5.32 Å². The summed E-state index contributed by atoms with van der Waals surface area (Å²) in [6.07, 6.45) is 5.87. The summed E-state index contributed by atoms with van der Waals surface area (Å²) in [6, 6.07) is 2.31. The molecule has 1 unspecified atom stereocenters. The first-order valence-electron chi connectivity index (χ1n) is 6.36. The highest BCUT2D eigenvalue weighted by Crippen LogP contribution is 2.16. The van der Waals surface area contributed by atoms with Crippen LogP contribution in [0.15, 0.2) is 30.0 Å². The Hall–Kier alpha value is -1.66. The third-order valence-electron chi connectivity index (χ3n) is 3.20. The van der Waals surface area contributed by atoms with Crippen molar-refractivity contribution in [3.8, 4) is 0 Å². The molecule has 3 heterocycles. The number of aromatic nitrogens is 4. The molecule has 3 aromatic rings. The Labute approximate surface area is 115 Å². The van der Waals surface area contributed by atoms with Gasteiger partial charge in [-0.25, -0.2) is 4.98 Å². The fraction of sp³-hybridized carbons (Fsp3) is 0.385. The molecule has 0 spiro atoms. The first-order valence-corrected chi connectivity index (χ1v) is 7.24. The third kappa shape index (κ3) is 2.54. The predicted octanol–water partition coefficient (Wildman–Crippen LogP) is 2.08. The average molecular weight is 275 g/mol. The standard InChI is InChI=1S/C13H17N5S/c1-10(9-17-5-3-4-15-17)14-8-12-11(2)16-13-18(12)6-7-19-13/h3-7,10,14H,8-9H2,1-2H3. The Kier molecular flexibility index (Phi) is 3.35. The van der Waals surface area contributed by atoms with Crippen molar-refractivity contribution in [2.75, 3.05) is 0 Å². The van der Waals surface area contributed by atoms with Crippen molar-refractivity contribution in [1.82, 2.24) is 24.5 Å². The fourth-order valence-electron chi connectivity index (χ4n) is 2.18. The van der Waals surface area contributed by atoms with Gasteiger partial charge in [-0.2, -0.15) is 5.10 Å². The molecule has 3 aromatic heterocycles. The first kappa shape index (κ1) is 12.4. The number of aryl methyl sites for hydroxylation is 1. The zero-order valence-corrected chi connectivity index (χ0v) is 11.9. The number of thiazole rings is 1. The Balaban J connectivity index is 1.65. The molecule has 5 nitrogen and oxygen atoms in total. The number of nitrogens with one attached hydrogen (secondary N) is 1. The molecule has 0 saturated carbocycles. The SMILES string of the molecule is Cc1nc2sccn2c1CNC(C)Cn1cccn1. The van der Waals surface area contributed by atoms with Crippen molar-refractivity contribution < 1.29 is 0 Å². The molecule has 0 fully saturated rings. The summed E-state index contributed by atoms with van der Waals surface area (Å²) >= 11 is 1.67. The quantitative estimate of drug-likeness (QED) is 0.775. The molecular formula is C13H17N5S. The molecule has 0 aromatic carbocycles. The minimum absolute atomic E-state index is 0.364. The summed E-state index contributed by atoms with van der Waals surface area (Å²) < 4.78 is 4.11. The molecule has 1 atom stereocenters. The van der Waals surface area contributed by atoms with E-state index in [1.807, 2.05) is 23.1 Å². The number of hydrogen-bond donors (Lipinski definition) is 1. The number of rotatable bonds is 5. The van der Waals surface area contributed by atoms with Crippen molar-refractivity contribution >= 4 is 16.3 Å². The summed E-state index contributed by atoms with van der Waals surface area (Å²) in [5.41, 5.74) is 2.34. The Morgan fingerprint density at radius 2 is 2.32 bits per heavy atom. The van der Waals surface area contributed by atoms with Gasteiger partial charge in [-0.1, -0.05) is 0 Å². The van der Waals surface area contributed by atoms with Crippen molar-refractivity contribution in [1.29, 1.82) is 0 Å². The summed E-state index contributed by atoms with van der Waals surface area (Å²) in [6.45, 7) is 5.93. The molecular weight excluding hydrogens is 258 g/mol. The van der Waals surface area contributed by atoms with E-state index in [9.17, 15) is 0 Å². The van der Waals surface area contributed by atoms with E-state index < -0.39 is 0 Å². The second-order valence-electron chi connectivity index (χ2n) is 4.71. The van der Waals surface area contributed by atoms with Gasteiger partial charge in [0.25, 0.3) is 0 Å². The molecule has 0 aliphatic carbocycles. The third-order valence-corrected chi connectivity index (χ3v) is 3.96. The van der Waals surface area contributed by atoms with E-state index in [1.165, 1.54) is 5.69 Å². The lowest BCUT2D eigenvalue weighted by atomic mass is 10.3. The molecule has 0 saturated heterocycles. The molecule has 100 valence electrons. The van der Waals surface area contributed by atoms with Crippen LogP contribution in [-0.4, -0.2) is 25.2 Å². The summed E-state index contributed by atoms with van der Waals surface area (Å²) in [5.74, 6) is 0. The van der Waals surface area contributed by atoms with Crippen LogP contribution < -0.4 is 5.32 Å². The topological polar surface area (TPSA) is 47.1 Å². The summed E-state index contributed by atoms with van der Waals surface area (Å²) in [4.78, 5) is 5.61. The number of nitrogens with zero attached hydrogens (tertiary/aromatic N) is 4. The van der Waals surface area contributed by atoms with Crippen molar-refractivity contribution in [2.45, 2.75) is 33.0 Å². The molecule has 0 radical (unpaired) electrons. The van der Waals surface area contributed by atoms with Gasteiger partial charge in [0.1, 0.15) is 0 Å². The van der Waals surface area contributed by atoms with Crippen LogP contribution in [0.5, 0.6) is 0 Å². The van der Waals surface area contributed by atoms with E-state index in [0.717, 1.165) is 23.7 Å². The van der Waals surface area contributed by atoms with Gasteiger partial charge in [-0.15, -0.1) is 11.3 Å². The fourth-order valence-corrected chi connectivity index (χ4v) is 2.96. The average Bonchev–Trinajstić information content (AvgIpc) is 3.05.